The van der Waals surface area contributed by atoms with Crippen molar-refractivity contribution in [1.82, 2.24) is 10.2 Å². The minimum Gasteiger partial charge on any atom is -0.339 e. The number of halogens is 3. The highest BCUT2D eigenvalue weighted by molar-refractivity contribution is 5.94. The fourth-order valence-electron chi connectivity index (χ4n) is 3.27. The molecule has 1 aromatic carbocycles. The van der Waals surface area contributed by atoms with Crippen LogP contribution >= 0.6 is 12.4 Å². The molecule has 1 amide bonds. The van der Waals surface area contributed by atoms with Gasteiger partial charge in [-0.05, 0) is 43.4 Å². The van der Waals surface area contributed by atoms with Gasteiger partial charge in [0.1, 0.15) is 11.6 Å². The van der Waals surface area contributed by atoms with Gasteiger partial charge in [0, 0.05) is 31.3 Å². The Labute approximate surface area is 129 Å². The topological polar surface area (TPSA) is 32.3 Å². The van der Waals surface area contributed by atoms with E-state index in [2.05, 4.69) is 5.32 Å². The molecule has 0 saturated carbocycles. The standard InChI is InChI=1S/C15H18F2N2O.ClH/c16-12-7-11(8-13(17)9-12)14(20)19-5-2-15(3-6-19)1-4-18-10-15;/h7-9,18H,1-6,10H2;1H. The van der Waals surface area contributed by atoms with E-state index in [1.165, 1.54) is 0 Å². The number of piperidine rings is 1. The smallest absolute Gasteiger partial charge is 0.254 e. The number of carbonyl (C=O) groups excluding carboxylic acids is 1. The van der Waals surface area contributed by atoms with Crippen molar-refractivity contribution >= 4 is 18.3 Å². The van der Waals surface area contributed by atoms with Crippen molar-refractivity contribution in [2.45, 2.75) is 19.3 Å². The van der Waals surface area contributed by atoms with Crippen LogP contribution in [0, 0.1) is 17.0 Å². The number of amides is 1. The lowest BCUT2D eigenvalue weighted by Gasteiger charge is -2.38. The molecule has 0 radical (unpaired) electrons. The highest BCUT2D eigenvalue weighted by Crippen LogP contribution is 2.37. The zero-order valence-electron chi connectivity index (χ0n) is 11.7. The second-order valence-corrected chi connectivity index (χ2v) is 5.88. The van der Waals surface area contributed by atoms with E-state index in [0.717, 1.165) is 50.6 Å². The lowest BCUT2D eigenvalue weighted by molar-refractivity contribution is 0.0606. The third kappa shape index (κ3) is 3.35. The molecule has 1 spiro atoms. The van der Waals surface area contributed by atoms with Gasteiger partial charge in [-0.1, -0.05) is 0 Å². The Kier molecular flexibility index (Phi) is 4.84. The van der Waals surface area contributed by atoms with E-state index in [9.17, 15) is 13.6 Å². The lowest BCUT2D eigenvalue weighted by atomic mass is 9.78. The second-order valence-electron chi connectivity index (χ2n) is 5.88. The molecular formula is C15H19ClF2N2O. The first kappa shape index (κ1) is 16.2. The molecule has 21 heavy (non-hydrogen) atoms. The van der Waals surface area contributed by atoms with Crippen molar-refractivity contribution in [3.8, 4) is 0 Å². The number of nitrogens with zero attached hydrogens (tertiary/aromatic N) is 1. The molecule has 1 aromatic rings. The van der Waals surface area contributed by atoms with Crippen molar-refractivity contribution < 1.29 is 13.6 Å². The van der Waals surface area contributed by atoms with Crippen LogP contribution < -0.4 is 5.32 Å². The third-order valence-corrected chi connectivity index (χ3v) is 4.55. The average Bonchev–Trinajstić information content (AvgIpc) is 2.86. The fraction of sp³-hybridized carbons (Fsp3) is 0.533. The number of benzene rings is 1. The van der Waals surface area contributed by atoms with Crippen molar-refractivity contribution in [2.24, 2.45) is 5.41 Å². The monoisotopic (exact) mass is 316 g/mol. The highest BCUT2D eigenvalue weighted by atomic mass is 35.5. The van der Waals surface area contributed by atoms with Gasteiger partial charge in [0.25, 0.3) is 5.91 Å². The predicted molar refractivity (Wildman–Crippen MR) is 78.7 cm³/mol. The van der Waals surface area contributed by atoms with Crippen LogP contribution in [0.5, 0.6) is 0 Å². The molecule has 2 heterocycles. The van der Waals surface area contributed by atoms with Crippen molar-refractivity contribution in [2.75, 3.05) is 26.2 Å². The summed E-state index contributed by atoms with van der Waals surface area (Å²) in [7, 11) is 0. The minimum atomic E-state index is -0.707. The Morgan fingerprint density at radius 3 is 2.24 bits per heavy atom. The molecule has 3 nitrogen and oxygen atoms in total. The van der Waals surface area contributed by atoms with E-state index in [-0.39, 0.29) is 23.9 Å². The number of nitrogens with one attached hydrogen (secondary N) is 1. The molecule has 3 rings (SSSR count). The summed E-state index contributed by atoms with van der Waals surface area (Å²) in [5.41, 5.74) is 0.423. The van der Waals surface area contributed by atoms with E-state index in [1.807, 2.05) is 0 Å². The first-order valence-corrected chi connectivity index (χ1v) is 7.04. The van der Waals surface area contributed by atoms with Crippen LogP contribution in [0.3, 0.4) is 0 Å². The summed E-state index contributed by atoms with van der Waals surface area (Å²) in [4.78, 5) is 14.0. The molecule has 2 aliphatic heterocycles. The summed E-state index contributed by atoms with van der Waals surface area (Å²) in [5.74, 6) is -1.69. The van der Waals surface area contributed by atoms with Gasteiger partial charge in [0.2, 0.25) is 0 Å². The maximum absolute atomic E-state index is 13.2. The number of carbonyl (C=O) groups is 1. The number of rotatable bonds is 1. The van der Waals surface area contributed by atoms with Crippen LogP contribution in [0.1, 0.15) is 29.6 Å². The largest absolute Gasteiger partial charge is 0.339 e. The Hall–Kier alpha value is -1.20. The van der Waals surface area contributed by atoms with Crippen LogP contribution in [0.25, 0.3) is 0 Å². The fourth-order valence-corrected chi connectivity index (χ4v) is 3.27. The van der Waals surface area contributed by atoms with Crippen LogP contribution in [-0.4, -0.2) is 37.0 Å². The Bertz CT molecular complexity index is 502. The normalized spacial score (nSPS) is 20.4. The summed E-state index contributed by atoms with van der Waals surface area (Å²) in [6, 6.07) is 2.99. The lowest BCUT2D eigenvalue weighted by Crippen LogP contribution is -2.44. The second kappa shape index (κ2) is 6.28. The van der Waals surface area contributed by atoms with Gasteiger partial charge in [0.05, 0.1) is 0 Å². The summed E-state index contributed by atoms with van der Waals surface area (Å²) in [6.45, 7) is 3.39. The predicted octanol–water partition coefficient (Wildman–Crippen LogP) is 2.60. The van der Waals surface area contributed by atoms with Crippen LogP contribution in [0.4, 0.5) is 8.78 Å². The van der Waals surface area contributed by atoms with Gasteiger partial charge in [-0.25, -0.2) is 8.78 Å². The van der Waals surface area contributed by atoms with Crippen molar-refractivity contribution in [3.05, 3.63) is 35.4 Å². The van der Waals surface area contributed by atoms with Gasteiger partial charge in [-0.2, -0.15) is 0 Å². The summed E-state index contributed by atoms with van der Waals surface area (Å²) in [6.07, 6.45) is 3.08. The molecule has 1 N–H and O–H groups in total. The molecule has 2 saturated heterocycles. The average molecular weight is 317 g/mol. The summed E-state index contributed by atoms with van der Waals surface area (Å²) in [5, 5.41) is 3.37. The number of likely N-dealkylation sites (tertiary alicyclic amines) is 1. The van der Waals surface area contributed by atoms with Gasteiger partial charge >= 0.3 is 0 Å². The summed E-state index contributed by atoms with van der Waals surface area (Å²) >= 11 is 0. The van der Waals surface area contributed by atoms with E-state index in [0.29, 0.717) is 18.5 Å². The molecule has 0 atom stereocenters. The molecule has 116 valence electrons. The molecular weight excluding hydrogens is 298 g/mol. The van der Waals surface area contributed by atoms with E-state index < -0.39 is 11.6 Å². The highest BCUT2D eigenvalue weighted by Gasteiger charge is 2.38. The van der Waals surface area contributed by atoms with Crippen molar-refractivity contribution in [3.63, 3.8) is 0 Å². The Balaban J connectivity index is 0.00000161. The maximum Gasteiger partial charge on any atom is 0.254 e. The Morgan fingerprint density at radius 1 is 1.10 bits per heavy atom. The zero-order valence-corrected chi connectivity index (χ0v) is 12.5. The SMILES string of the molecule is Cl.O=C(c1cc(F)cc(F)c1)N1CCC2(CCNC2)CC1. The maximum atomic E-state index is 13.2. The molecule has 6 heteroatoms. The first-order chi connectivity index (χ1) is 9.58. The third-order valence-electron chi connectivity index (χ3n) is 4.55. The number of hydrogen-bond acceptors (Lipinski definition) is 2. The molecule has 0 aromatic heterocycles. The molecule has 0 unspecified atom stereocenters. The number of hydrogen-bond donors (Lipinski definition) is 1. The Morgan fingerprint density at radius 2 is 1.71 bits per heavy atom. The van der Waals surface area contributed by atoms with E-state index in [1.54, 1.807) is 4.90 Å². The quantitative estimate of drug-likeness (QED) is 0.864. The molecule has 0 bridgehead atoms. The van der Waals surface area contributed by atoms with Crippen LogP contribution in [0.15, 0.2) is 18.2 Å². The summed E-state index contributed by atoms with van der Waals surface area (Å²) < 4.78 is 26.4. The van der Waals surface area contributed by atoms with Gasteiger partial charge < -0.3 is 10.2 Å². The van der Waals surface area contributed by atoms with Crippen LogP contribution in [0.2, 0.25) is 0 Å². The van der Waals surface area contributed by atoms with Gasteiger partial charge in [-0.3, -0.25) is 4.79 Å². The molecule has 0 aliphatic carbocycles. The zero-order chi connectivity index (χ0) is 14.2. The van der Waals surface area contributed by atoms with Crippen molar-refractivity contribution in [1.29, 1.82) is 0 Å². The molecule has 2 aliphatic rings. The molecule has 2 fully saturated rings. The van der Waals surface area contributed by atoms with E-state index >= 15 is 0 Å². The van der Waals surface area contributed by atoms with Gasteiger partial charge in [0.15, 0.2) is 0 Å². The first-order valence-electron chi connectivity index (χ1n) is 7.04. The van der Waals surface area contributed by atoms with E-state index in [4.69, 9.17) is 0 Å². The minimum absolute atomic E-state index is 0. The van der Waals surface area contributed by atoms with Gasteiger partial charge in [-0.15, -0.1) is 12.4 Å². The van der Waals surface area contributed by atoms with Crippen LogP contribution in [-0.2, 0) is 0 Å².